The van der Waals surface area contributed by atoms with Crippen LogP contribution in [0.2, 0.25) is 0 Å². The van der Waals surface area contributed by atoms with Crippen molar-refractivity contribution in [1.82, 2.24) is 24.9 Å². The van der Waals surface area contributed by atoms with E-state index in [4.69, 9.17) is 0 Å². The zero-order chi connectivity index (χ0) is 17.0. The third-order valence-corrected chi connectivity index (χ3v) is 3.53. The lowest BCUT2D eigenvalue weighted by Crippen LogP contribution is -2.20. The highest BCUT2D eigenvalue weighted by Gasteiger charge is 2.20. The minimum atomic E-state index is -0.138. The summed E-state index contributed by atoms with van der Waals surface area (Å²) in [7, 11) is 0. The van der Waals surface area contributed by atoms with Gasteiger partial charge in [-0.25, -0.2) is 15.0 Å². The first-order valence-corrected chi connectivity index (χ1v) is 8.05. The topological polar surface area (TPSA) is 64.5 Å². The maximum absolute atomic E-state index is 4.66. The van der Waals surface area contributed by atoms with Gasteiger partial charge in [-0.2, -0.15) is 0 Å². The molecule has 3 rings (SSSR count). The van der Waals surface area contributed by atoms with E-state index in [2.05, 4.69) is 45.7 Å². The summed E-state index contributed by atoms with van der Waals surface area (Å²) in [6.45, 7) is 6.33. The molecule has 24 heavy (non-hydrogen) atoms. The Morgan fingerprint density at radius 1 is 0.708 bits per heavy atom. The van der Waals surface area contributed by atoms with E-state index >= 15 is 0 Å². The Morgan fingerprint density at radius 2 is 1.21 bits per heavy atom. The lowest BCUT2D eigenvalue weighted by Gasteiger charge is -2.18. The van der Waals surface area contributed by atoms with Crippen LogP contribution in [0.4, 0.5) is 0 Å². The van der Waals surface area contributed by atoms with Crippen molar-refractivity contribution >= 4 is 0 Å². The van der Waals surface area contributed by atoms with Gasteiger partial charge in [0.05, 0.1) is 12.8 Å². The second-order valence-corrected chi connectivity index (χ2v) is 6.74. The average Bonchev–Trinajstić information content (AvgIpc) is 2.56. The number of pyridine rings is 2. The first kappa shape index (κ1) is 16.2. The summed E-state index contributed by atoms with van der Waals surface area (Å²) in [5.74, 6) is 2.30. The van der Waals surface area contributed by atoms with Crippen molar-refractivity contribution in [3.8, 4) is 0 Å². The summed E-state index contributed by atoms with van der Waals surface area (Å²) in [6.07, 6.45) is 4.77. The van der Waals surface area contributed by atoms with Crippen LogP contribution in [0.5, 0.6) is 0 Å². The summed E-state index contributed by atoms with van der Waals surface area (Å²) in [5, 5.41) is 0. The van der Waals surface area contributed by atoms with E-state index in [1.54, 1.807) is 12.4 Å². The summed E-state index contributed by atoms with van der Waals surface area (Å²) in [6, 6.07) is 11.7. The Kier molecular flexibility index (Phi) is 4.60. The molecule has 0 aromatic carbocycles. The second kappa shape index (κ2) is 6.83. The average molecular weight is 319 g/mol. The number of hydrogen-bond acceptors (Lipinski definition) is 5. The van der Waals surface area contributed by atoms with Gasteiger partial charge in [-0.1, -0.05) is 32.9 Å². The molecule has 0 N–H and O–H groups in total. The van der Waals surface area contributed by atoms with Crippen molar-refractivity contribution in [2.24, 2.45) is 0 Å². The van der Waals surface area contributed by atoms with Crippen LogP contribution in [0.1, 0.15) is 49.6 Å². The number of rotatable bonds is 4. The standard InChI is InChI=1S/C19H21N5/c1-19(2,3)18-23-16(12-14-8-4-6-10-20-14)22-17(24-18)13-15-9-5-7-11-21-15/h4-11H,12-13H2,1-3H3. The smallest absolute Gasteiger partial charge is 0.138 e. The fraction of sp³-hybridized carbons (Fsp3) is 0.316. The lowest BCUT2D eigenvalue weighted by atomic mass is 9.95. The molecule has 0 unspecified atom stereocenters. The van der Waals surface area contributed by atoms with Crippen LogP contribution in [-0.4, -0.2) is 24.9 Å². The first-order valence-electron chi connectivity index (χ1n) is 8.05. The van der Waals surface area contributed by atoms with Crippen LogP contribution in [-0.2, 0) is 18.3 Å². The van der Waals surface area contributed by atoms with Crippen LogP contribution in [0.25, 0.3) is 0 Å². The molecule has 0 aliphatic heterocycles. The van der Waals surface area contributed by atoms with E-state index in [0.29, 0.717) is 12.8 Å². The maximum Gasteiger partial charge on any atom is 0.138 e. The third-order valence-electron chi connectivity index (χ3n) is 3.53. The highest BCUT2D eigenvalue weighted by Crippen LogP contribution is 2.19. The van der Waals surface area contributed by atoms with Crippen LogP contribution in [0.15, 0.2) is 48.8 Å². The SMILES string of the molecule is CC(C)(C)c1nc(Cc2ccccn2)nc(Cc2ccccn2)n1. The Balaban J connectivity index is 1.94. The monoisotopic (exact) mass is 319 g/mol. The Labute approximate surface area is 142 Å². The fourth-order valence-corrected chi connectivity index (χ4v) is 2.29. The number of aromatic nitrogens is 5. The summed E-state index contributed by atoms with van der Waals surface area (Å²) >= 11 is 0. The maximum atomic E-state index is 4.66. The largest absolute Gasteiger partial charge is 0.261 e. The first-order chi connectivity index (χ1) is 11.5. The molecular formula is C19H21N5. The van der Waals surface area contributed by atoms with E-state index < -0.39 is 0 Å². The summed E-state index contributed by atoms with van der Waals surface area (Å²) in [4.78, 5) is 22.7. The zero-order valence-electron chi connectivity index (χ0n) is 14.3. The second-order valence-electron chi connectivity index (χ2n) is 6.74. The van der Waals surface area contributed by atoms with Crippen molar-refractivity contribution in [2.45, 2.75) is 39.0 Å². The van der Waals surface area contributed by atoms with Crippen LogP contribution < -0.4 is 0 Å². The van der Waals surface area contributed by atoms with Crippen molar-refractivity contribution in [2.75, 3.05) is 0 Å². The molecule has 0 saturated carbocycles. The minimum Gasteiger partial charge on any atom is -0.261 e. The molecule has 0 spiro atoms. The van der Waals surface area contributed by atoms with Gasteiger partial charge in [-0.3, -0.25) is 9.97 Å². The van der Waals surface area contributed by atoms with Gasteiger partial charge < -0.3 is 0 Å². The molecule has 0 bridgehead atoms. The zero-order valence-corrected chi connectivity index (χ0v) is 14.3. The van der Waals surface area contributed by atoms with E-state index in [1.165, 1.54) is 0 Å². The molecule has 0 saturated heterocycles. The van der Waals surface area contributed by atoms with Gasteiger partial charge in [0.2, 0.25) is 0 Å². The van der Waals surface area contributed by atoms with Gasteiger partial charge in [-0.05, 0) is 24.3 Å². The van der Waals surface area contributed by atoms with Crippen LogP contribution >= 0.6 is 0 Å². The van der Waals surface area contributed by atoms with E-state index in [0.717, 1.165) is 28.9 Å². The van der Waals surface area contributed by atoms with Crippen molar-refractivity contribution in [1.29, 1.82) is 0 Å². The molecule has 3 aromatic heterocycles. The molecule has 5 nitrogen and oxygen atoms in total. The van der Waals surface area contributed by atoms with Gasteiger partial charge in [-0.15, -0.1) is 0 Å². The molecule has 0 radical (unpaired) electrons. The molecule has 0 atom stereocenters. The van der Waals surface area contributed by atoms with Crippen molar-refractivity contribution < 1.29 is 0 Å². The van der Waals surface area contributed by atoms with Gasteiger partial charge in [0.25, 0.3) is 0 Å². The van der Waals surface area contributed by atoms with Gasteiger partial charge in [0, 0.05) is 29.2 Å². The quantitative estimate of drug-likeness (QED) is 0.739. The fourth-order valence-electron chi connectivity index (χ4n) is 2.29. The van der Waals surface area contributed by atoms with Crippen LogP contribution in [0, 0.1) is 0 Å². The molecule has 0 aliphatic rings. The molecular weight excluding hydrogens is 298 g/mol. The Morgan fingerprint density at radius 3 is 1.58 bits per heavy atom. The molecule has 0 aliphatic carbocycles. The minimum absolute atomic E-state index is 0.138. The molecule has 122 valence electrons. The molecule has 0 fully saturated rings. The molecule has 3 heterocycles. The molecule has 0 amide bonds. The Bertz CT molecular complexity index is 735. The molecule has 5 heteroatoms. The highest BCUT2D eigenvalue weighted by molar-refractivity contribution is 5.16. The molecule has 3 aromatic rings. The van der Waals surface area contributed by atoms with Gasteiger partial charge in [0.15, 0.2) is 0 Å². The van der Waals surface area contributed by atoms with Gasteiger partial charge in [0.1, 0.15) is 17.5 Å². The van der Waals surface area contributed by atoms with E-state index in [-0.39, 0.29) is 5.41 Å². The predicted octanol–water partition coefficient (Wildman–Crippen LogP) is 3.14. The Hall–Kier alpha value is -2.69. The lowest BCUT2D eigenvalue weighted by molar-refractivity contribution is 0.531. The third kappa shape index (κ3) is 4.19. The van der Waals surface area contributed by atoms with E-state index in [9.17, 15) is 0 Å². The number of hydrogen-bond donors (Lipinski definition) is 0. The summed E-state index contributed by atoms with van der Waals surface area (Å²) in [5.41, 5.74) is 1.76. The predicted molar refractivity (Wildman–Crippen MR) is 92.6 cm³/mol. The highest BCUT2D eigenvalue weighted by atomic mass is 15.0. The van der Waals surface area contributed by atoms with E-state index in [1.807, 2.05) is 36.4 Å². The van der Waals surface area contributed by atoms with Crippen molar-refractivity contribution in [3.05, 3.63) is 77.7 Å². The normalized spacial score (nSPS) is 11.5. The van der Waals surface area contributed by atoms with Gasteiger partial charge >= 0.3 is 0 Å². The summed E-state index contributed by atoms with van der Waals surface area (Å²) < 4.78 is 0. The number of nitrogens with zero attached hydrogens (tertiary/aromatic N) is 5. The van der Waals surface area contributed by atoms with Crippen molar-refractivity contribution in [3.63, 3.8) is 0 Å². The van der Waals surface area contributed by atoms with Crippen LogP contribution in [0.3, 0.4) is 0 Å².